The summed E-state index contributed by atoms with van der Waals surface area (Å²) < 4.78 is 13.2. The Morgan fingerprint density at radius 3 is 2.15 bits per heavy atom. The Bertz CT molecular complexity index is 323. The molecule has 0 saturated heterocycles. The molecule has 0 heterocycles. The molecule has 0 amide bonds. The first kappa shape index (κ1) is 10.9. The van der Waals surface area contributed by atoms with Crippen molar-refractivity contribution in [2.45, 2.75) is 13.3 Å². The van der Waals surface area contributed by atoms with Crippen LogP contribution in [0.3, 0.4) is 0 Å². The lowest BCUT2D eigenvalue weighted by atomic mass is 10.1. The molecule has 0 bridgehead atoms. The van der Waals surface area contributed by atoms with Crippen molar-refractivity contribution in [2.24, 2.45) is 0 Å². The van der Waals surface area contributed by atoms with Crippen molar-refractivity contribution in [3.63, 3.8) is 0 Å². The number of hydrogen-bond donors (Lipinski definition) is 1. The molecule has 0 aliphatic carbocycles. The van der Waals surface area contributed by atoms with Crippen molar-refractivity contribution in [3.05, 3.63) is 26.4 Å². The second-order valence-corrected chi connectivity index (χ2v) is 3.57. The first-order valence-electron chi connectivity index (χ1n) is 3.54. The van der Waals surface area contributed by atoms with Crippen molar-refractivity contribution in [3.8, 4) is 5.75 Å². The number of phenolic OH excluding ortho intramolecular Hbond substituents is 1. The van der Waals surface area contributed by atoms with Gasteiger partial charge in [0.05, 0.1) is 10.0 Å². The summed E-state index contributed by atoms with van der Waals surface area (Å²) in [5, 5.41) is 8.97. The molecule has 0 unspecified atom stereocenters. The van der Waals surface area contributed by atoms with E-state index in [-0.39, 0.29) is 20.6 Å². The summed E-state index contributed by atoms with van der Waals surface area (Å²) in [6.07, 6.45) is 0.342. The molecule has 1 rings (SSSR count). The molecule has 0 spiro atoms. The number of benzene rings is 1. The zero-order valence-electron chi connectivity index (χ0n) is 6.67. The maximum absolute atomic E-state index is 13.2. The van der Waals surface area contributed by atoms with Crippen LogP contribution in [0.5, 0.6) is 5.75 Å². The highest BCUT2D eigenvalue weighted by Gasteiger charge is 2.19. The second kappa shape index (κ2) is 3.91. The summed E-state index contributed by atoms with van der Waals surface area (Å²) >= 11 is 16.9. The molecule has 0 aliphatic rings. The van der Waals surface area contributed by atoms with Gasteiger partial charge in [0.2, 0.25) is 0 Å². The van der Waals surface area contributed by atoms with Gasteiger partial charge in [-0.3, -0.25) is 0 Å². The fourth-order valence-electron chi connectivity index (χ4n) is 0.979. The Balaban J connectivity index is 3.56. The van der Waals surface area contributed by atoms with Gasteiger partial charge in [-0.25, -0.2) is 4.39 Å². The van der Waals surface area contributed by atoms with Crippen LogP contribution in [-0.4, -0.2) is 5.11 Å². The van der Waals surface area contributed by atoms with Crippen molar-refractivity contribution < 1.29 is 9.50 Å². The largest absolute Gasteiger partial charge is 0.504 e. The highest BCUT2D eigenvalue weighted by Crippen LogP contribution is 2.41. The summed E-state index contributed by atoms with van der Waals surface area (Å²) in [5.74, 6) is -1.45. The molecule has 0 aliphatic heterocycles. The maximum Gasteiger partial charge on any atom is 0.172 e. The second-order valence-electron chi connectivity index (χ2n) is 2.44. The lowest BCUT2D eigenvalue weighted by Gasteiger charge is -2.08. The van der Waals surface area contributed by atoms with Crippen LogP contribution in [-0.2, 0) is 6.42 Å². The van der Waals surface area contributed by atoms with E-state index < -0.39 is 11.6 Å². The van der Waals surface area contributed by atoms with Gasteiger partial charge >= 0.3 is 0 Å². The Morgan fingerprint density at radius 1 is 1.15 bits per heavy atom. The smallest absolute Gasteiger partial charge is 0.172 e. The predicted octanol–water partition coefficient (Wildman–Crippen LogP) is 4.05. The number of halogens is 4. The molecule has 5 heteroatoms. The number of rotatable bonds is 1. The van der Waals surface area contributed by atoms with Crippen LogP contribution >= 0.6 is 34.8 Å². The SMILES string of the molecule is CCc1c(F)c(O)c(Cl)c(Cl)c1Cl. The maximum atomic E-state index is 13.2. The molecule has 0 aromatic heterocycles. The molecule has 1 nitrogen and oxygen atoms in total. The molecule has 0 fully saturated rings. The third-order valence-electron chi connectivity index (χ3n) is 1.68. The van der Waals surface area contributed by atoms with Gasteiger partial charge < -0.3 is 5.11 Å². The van der Waals surface area contributed by atoms with Crippen molar-refractivity contribution >= 4 is 34.8 Å². The van der Waals surface area contributed by atoms with Gasteiger partial charge in [0.1, 0.15) is 5.02 Å². The summed E-state index contributed by atoms with van der Waals surface area (Å²) in [6, 6.07) is 0. The van der Waals surface area contributed by atoms with Crippen molar-refractivity contribution in [2.75, 3.05) is 0 Å². The van der Waals surface area contributed by atoms with Gasteiger partial charge in [-0.2, -0.15) is 0 Å². The van der Waals surface area contributed by atoms with Crippen LogP contribution in [0.1, 0.15) is 12.5 Å². The van der Waals surface area contributed by atoms with E-state index in [0.717, 1.165) is 0 Å². The molecule has 0 atom stereocenters. The molecular weight excluding hydrogens is 237 g/mol. The van der Waals surface area contributed by atoms with Crippen molar-refractivity contribution in [1.82, 2.24) is 0 Å². The van der Waals surface area contributed by atoms with Gasteiger partial charge in [0.25, 0.3) is 0 Å². The average Bonchev–Trinajstić information content (AvgIpc) is 2.13. The first-order chi connectivity index (χ1) is 6.00. The van der Waals surface area contributed by atoms with E-state index in [1.165, 1.54) is 0 Å². The number of phenols is 1. The molecule has 1 aromatic carbocycles. The minimum atomic E-state index is -0.804. The summed E-state index contributed by atoms with van der Waals surface area (Å²) in [7, 11) is 0. The quantitative estimate of drug-likeness (QED) is 0.583. The third kappa shape index (κ3) is 1.71. The first-order valence-corrected chi connectivity index (χ1v) is 4.67. The van der Waals surface area contributed by atoms with Crippen LogP contribution in [0, 0.1) is 5.82 Å². The van der Waals surface area contributed by atoms with Gasteiger partial charge in [-0.15, -0.1) is 0 Å². The predicted molar refractivity (Wildman–Crippen MR) is 52.5 cm³/mol. The van der Waals surface area contributed by atoms with Crippen LogP contribution in [0.2, 0.25) is 15.1 Å². The minimum absolute atomic E-state index is 0.0147. The fourth-order valence-corrected chi connectivity index (χ4v) is 1.72. The van der Waals surface area contributed by atoms with Crippen LogP contribution in [0.25, 0.3) is 0 Å². The molecule has 13 heavy (non-hydrogen) atoms. The Labute approximate surface area is 90.0 Å². The van der Waals surface area contributed by atoms with Crippen LogP contribution in [0.4, 0.5) is 4.39 Å². The molecular formula is C8H6Cl3FO. The molecule has 1 aromatic rings. The van der Waals surface area contributed by atoms with E-state index in [9.17, 15) is 9.50 Å². The summed E-state index contributed by atoms with van der Waals surface area (Å²) in [4.78, 5) is 0. The Morgan fingerprint density at radius 2 is 1.69 bits per heavy atom. The summed E-state index contributed by atoms with van der Waals surface area (Å²) in [5.41, 5.74) is 0.175. The lowest BCUT2D eigenvalue weighted by molar-refractivity contribution is 0.429. The van der Waals surface area contributed by atoms with E-state index in [1.54, 1.807) is 6.92 Å². The normalized spacial score (nSPS) is 10.5. The highest BCUT2D eigenvalue weighted by atomic mass is 35.5. The van der Waals surface area contributed by atoms with Gasteiger partial charge in [-0.05, 0) is 6.42 Å². The zero-order chi connectivity index (χ0) is 10.2. The monoisotopic (exact) mass is 242 g/mol. The van der Waals surface area contributed by atoms with Gasteiger partial charge in [0.15, 0.2) is 11.6 Å². The number of hydrogen-bond acceptors (Lipinski definition) is 1. The standard InChI is InChI=1S/C8H6Cl3FO/c1-2-3-4(9)5(10)6(11)8(13)7(3)12/h13H,2H2,1H3. The minimum Gasteiger partial charge on any atom is -0.504 e. The van der Waals surface area contributed by atoms with Crippen LogP contribution < -0.4 is 0 Å². The molecule has 0 saturated carbocycles. The summed E-state index contributed by atoms with van der Waals surface area (Å²) in [6.45, 7) is 1.70. The molecule has 0 radical (unpaired) electrons. The molecule has 72 valence electrons. The van der Waals surface area contributed by atoms with E-state index >= 15 is 0 Å². The van der Waals surface area contributed by atoms with Crippen molar-refractivity contribution in [1.29, 1.82) is 0 Å². The topological polar surface area (TPSA) is 20.2 Å². The van der Waals surface area contributed by atoms with E-state index in [1.807, 2.05) is 0 Å². The van der Waals surface area contributed by atoms with Crippen LogP contribution in [0.15, 0.2) is 0 Å². The zero-order valence-corrected chi connectivity index (χ0v) is 8.93. The van der Waals surface area contributed by atoms with Gasteiger partial charge in [-0.1, -0.05) is 41.7 Å². The average molecular weight is 243 g/mol. The van der Waals surface area contributed by atoms with Gasteiger partial charge in [0, 0.05) is 5.56 Å². The van der Waals surface area contributed by atoms with E-state index in [2.05, 4.69) is 0 Å². The Kier molecular flexibility index (Phi) is 3.28. The Hall–Kier alpha value is -0.180. The van der Waals surface area contributed by atoms with E-state index in [0.29, 0.717) is 6.42 Å². The van der Waals surface area contributed by atoms with E-state index in [4.69, 9.17) is 34.8 Å². The molecule has 1 N–H and O–H groups in total. The third-order valence-corrected chi connectivity index (χ3v) is 3.04. The lowest BCUT2D eigenvalue weighted by Crippen LogP contribution is -1.92. The fraction of sp³-hybridized carbons (Fsp3) is 0.250. The highest BCUT2D eigenvalue weighted by molar-refractivity contribution is 6.48. The number of aromatic hydroxyl groups is 1.